The van der Waals surface area contributed by atoms with Gasteiger partial charge in [0.25, 0.3) is 5.56 Å². The number of para-hydroxylation sites is 1. The summed E-state index contributed by atoms with van der Waals surface area (Å²) < 4.78 is 20.0. The lowest BCUT2D eigenvalue weighted by Gasteiger charge is -2.26. The van der Waals surface area contributed by atoms with Crippen LogP contribution in [0.2, 0.25) is 0 Å². The molecule has 4 rings (SSSR count). The molecule has 0 spiro atoms. The SMILES string of the molecule is N#CC1=C(N)Oc2c(c(=O)[nH]c3ccccc23)[C@@H]1c1ccccc1F. The molecule has 2 aromatic carbocycles. The van der Waals surface area contributed by atoms with Crippen molar-refractivity contribution < 1.29 is 9.13 Å². The van der Waals surface area contributed by atoms with Gasteiger partial charge in [0, 0.05) is 10.9 Å². The molecule has 1 aromatic heterocycles. The average molecular weight is 333 g/mol. The van der Waals surface area contributed by atoms with E-state index in [-0.39, 0.29) is 28.3 Å². The number of H-pyrrole nitrogens is 1. The molecule has 0 radical (unpaired) electrons. The summed E-state index contributed by atoms with van der Waals surface area (Å²) in [6.07, 6.45) is 0. The number of hydrogen-bond donors (Lipinski definition) is 2. The predicted molar refractivity (Wildman–Crippen MR) is 90.3 cm³/mol. The number of nitriles is 1. The lowest BCUT2D eigenvalue weighted by molar-refractivity contribution is 0.395. The molecule has 6 heteroatoms. The molecule has 25 heavy (non-hydrogen) atoms. The second-order valence-corrected chi connectivity index (χ2v) is 5.69. The number of pyridine rings is 1. The van der Waals surface area contributed by atoms with E-state index in [4.69, 9.17) is 10.5 Å². The lowest BCUT2D eigenvalue weighted by atomic mass is 9.83. The van der Waals surface area contributed by atoms with Gasteiger partial charge < -0.3 is 15.5 Å². The molecule has 0 aliphatic carbocycles. The molecule has 0 saturated heterocycles. The van der Waals surface area contributed by atoms with Crippen molar-refractivity contribution in [2.24, 2.45) is 5.73 Å². The summed E-state index contributed by atoms with van der Waals surface area (Å²) >= 11 is 0. The zero-order chi connectivity index (χ0) is 17.6. The number of nitrogens with two attached hydrogens (primary N) is 1. The number of nitrogens with zero attached hydrogens (tertiary/aromatic N) is 1. The van der Waals surface area contributed by atoms with Crippen LogP contribution in [-0.2, 0) is 0 Å². The number of hydrogen-bond acceptors (Lipinski definition) is 4. The molecular formula is C19H12FN3O2. The first kappa shape index (κ1) is 15.0. The van der Waals surface area contributed by atoms with E-state index in [9.17, 15) is 14.4 Å². The number of aromatic nitrogens is 1. The van der Waals surface area contributed by atoms with E-state index in [0.717, 1.165) is 0 Å². The Hall–Kier alpha value is -3.59. The van der Waals surface area contributed by atoms with Crippen molar-refractivity contribution >= 4 is 10.9 Å². The normalized spacial score (nSPS) is 16.2. The number of allylic oxidation sites excluding steroid dienone is 1. The van der Waals surface area contributed by atoms with Gasteiger partial charge >= 0.3 is 0 Å². The van der Waals surface area contributed by atoms with Crippen LogP contribution in [0.4, 0.5) is 4.39 Å². The molecule has 0 unspecified atom stereocenters. The van der Waals surface area contributed by atoms with Crippen molar-refractivity contribution in [3.8, 4) is 11.8 Å². The third kappa shape index (κ3) is 2.17. The van der Waals surface area contributed by atoms with Gasteiger partial charge in [-0.05, 0) is 18.2 Å². The quantitative estimate of drug-likeness (QED) is 0.716. The van der Waals surface area contributed by atoms with Crippen LogP contribution in [-0.4, -0.2) is 4.98 Å². The van der Waals surface area contributed by atoms with Crippen LogP contribution in [0.3, 0.4) is 0 Å². The second-order valence-electron chi connectivity index (χ2n) is 5.69. The van der Waals surface area contributed by atoms with E-state index in [1.54, 1.807) is 36.4 Å². The third-order valence-corrected chi connectivity index (χ3v) is 4.30. The Morgan fingerprint density at radius 2 is 1.88 bits per heavy atom. The van der Waals surface area contributed by atoms with Gasteiger partial charge in [-0.15, -0.1) is 0 Å². The standard InChI is InChI=1S/C19H12FN3O2/c20-13-7-3-1-5-10(13)15-12(9-21)18(22)25-17-11-6-2-4-8-14(11)23-19(24)16(15)17/h1-8,15H,22H2,(H,23,24)/t15-/m1/s1. The Balaban J connectivity index is 2.12. The topological polar surface area (TPSA) is 91.9 Å². The Morgan fingerprint density at radius 1 is 1.16 bits per heavy atom. The van der Waals surface area contributed by atoms with E-state index in [0.29, 0.717) is 10.9 Å². The monoisotopic (exact) mass is 333 g/mol. The molecule has 122 valence electrons. The van der Waals surface area contributed by atoms with Gasteiger partial charge in [0.2, 0.25) is 5.88 Å². The fourth-order valence-electron chi connectivity index (χ4n) is 3.19. The largest absolute Gasteiger partial charge is 0.439 e. The number of rotatable bonds is 1. The highest BCUT2D eigenvalue weighted by molar-refractivity contribution is 5.87. The third-order valence-electron chi connectivity index (χ3n) is 4.30. The Bertz CT molecular complexity index is 1140. The molecule has 1 aliphatic rings. The minimum absolute atomic E-state index is 0.0124. The average Bonchev–Trinajstić information content (AvgIpc) is 2.61. The molecule has 5 nitrogen and oxygen atoms in total. The molecule has 0 saturated carbocycles. The lowest BCUT2D eigenvalue weighted by Crippen LogP contribution is -2.28. The van der Waals surface area contributed by atoms with Gasteiger partial charge in [0.15, 0.2) is 0 Å². The Morgan fingerprint density at radius 3 is 2.64 bits per heavy atom. The summed E-state index contributed by atoms with van der Waals surface area (Å²) in [6.45, 7) is 0. The molecule has 0 bridgehead atoms. The van der Waals surface area contributed by atoms with Crippen molar-refractivity contribution in [3.05, 3.63) is 87.3 Å². The maximum absolute atomic E-state index is 14.4. The Labute approximate surface area is 141 Å². The van der Waals surface area contributed by atoms with Gasteiger partial charge in [-0.25, -0.2) is 4.39 Å². The summed E-state index contributed by atoms with van der Waals surface area (Å²) in [6, 6.07) is 15.0. The van der Waals surface area contributed by atoms with E-state index < -0.39 is 17.3 Å². The molecule has 0 fully saturated rings. The van der Waals surface area contributed by atoms with Crippen molar-refractivity contribution in [1.29, 1.82) is 5.26 Å². The molecule has 0 amide bonds. The smallest absolute Gasteiger partial charge is 0.256 e. The number of aromatic amines is 1. The first-order chi connectivity index (χ1) is 12.1. The summed E-state index contributed by atoms with van der Waals surface area (Å²) in [5.74, 6) is -1.32. The Kier molecular flexibility index (Phi) is 3.29. The van der Waals surface area contributed by atoms with Crippen LogP contribution in [0.15, 0.2) is 64.8 Å². The molecule has 2 heterocycles. The maximum Gasteiger partial charge on any atom is 0.256 e. The highest BCUT2D eigenvalue weighted by Crippen LogP contribution is 2.43. The number of benzene rings is 2. The molecule has 3 N–H and O–H groups in total. The molecule has 1 atom stereocenters. The van der Waals surface area contributed by atoms with Crippen LogP contribution in [0.25, 0.3) is 10.9 Å². The zero-order valence-corrected chi connectivity index (χ0v) is 12.9. The predicted octanol–water partition coefficient (Wildman–Crippen LogP) is 2.89. The van der Waals surface area contributed by atoms with Crippen molar-refractivity contribution in [2.45, 2.75) is 5.92 Å². The van der Waals surface area contributed by atoms with Gasteiger partial charge in [0.05, 0.1) is 17.0 Å². The summed E-state index contributed by atoms with van der Waals surface area (Å²) in [5.41, 5.74) is 6.45. The highest BCUT2D eigenvalue weighted by Gasteiger charge is 2.35. The van der Waals surface area contributed by atoms with E-state index in [1.165, 1.54) is 12.1 Å². The van der Waals surface area contributed by atoms with E-state index in [1.807, 2.05) is 6.07 Å². The fraction of sp³-hybridized carbons (Fsp3) is 0.0526. The van der Waals surface area contributed by atoms with Crippen LogP contribution < -0.4 is 16.0 Å². The van der Waals surface area contributed by atoms with Crippen molar-refractivity contribution in [1.82, 2.24) is 4.98 Å². The minimum atomic E-state index is -0.927. The molecular weight excluding hydrogens is 321 g/mol. The number of ether oxygens (including phenoxy) is 1. The van der Waals surface area contributed by atoms with Crippen molar-refractivity contribution in [2.75, 3.05) is 0 Å². The number of fused-ring (bicyclic) bond motifs is 3. The van der Waals surface area contributed by atoms with Crippen LogP contribution in [0.1, 0.15) is 17.0 Å². The van der Waals surface area contributed by atoms with Crippen LogP contribution >= 0.6 is 0 Å². The second kappa shape index (κ2) is 5.49. The minimum Gasteiger partial charge on any atom is -0.439 e. The first-order valence-corrected chi connectivity index (χ1v) is 7.58. The highest BCUT2D eigenvalue weighted by atomic mass is 19.1. The zero-order valence-electron chi connectivity index (χ0n) is 12.9. The first-order valence-electron chi connectivity index (χ1n) is 7.58. The molecule has 1 aliphatic heterocycles. The fourth-order valence-corrected chi connectivity index (χ4v) is 3.19. The number of nitrogens with one attached hydrogen (secondary N) is 1. The summed E-state index contributed by atoms with van der Waals surface area (Å²) in [5, 5.41) is 10.1. The van der Waals surface area contributed by atoms with Crippen LogP contribution in [0.5, 0.6) is 5.75 Å². The summed E-state index contributed by atoms with van der Waals surface area (Å²) in [7, 11) is 0. The van der Waals surface area contributed by atoms with Gasteiger partial charge in [-0.2, -0.15) is 5.26 Å². The van der Waals surface area contributed by atoms with Gasteiger partial charge in [-0.3, -0.25) is 4.79 Å². The van der Waals surface area contributed by atoms with Crippen LogP contribution in [0, 0.1) is 17.1 Å². The number of halogens is 1. The van der Waals surface area contributed by atoms with E-state index in [2.05, 4.69) is 4.98 Å². The van der Waals surface area contributed by atoms with Gasteiger partial charge in [-0.1, -0.05) is 30.3 Å². The maximum atomic E-state index is 14.4. The van der Waals surface area contributed by atoms with E-state index >= 15 is 0 Å². The molecule has 3 aromatic rings. The van der Waals surface area contributed by atoms with Crippen molar-refractivity contribution in [3.63, 3.8) is 0 Å². The van der Waals surface area contributed by atoms with Gasteiger partial charge in [0.1, 0.15) is 23.2 Å². The summed E-state index contributed by atoms with van der Waals surface area (Å²) in [4.78, 5) is 15.5.